The molecule has 128 valence electrons. The Morgan fingerprint density at radius 3 is 3.09 bits per heavy atom. The van der Waals surface area contributed by atoms with Crippen molar-refractivity contribution in [3.8, 4) is 5.75 Å². The van der Waals surface area contributed by atoms with Crippen LogP contribution in [0.1, 0.15) is 33.1 Å². The van der Waals surface area contributed by atoms with Crippen LogP contribution in [0, 0.1) is 0 Å². The van der Waals surface area contributed by atoms with E-state index in [0.717, 1.165) is 23.5 Å². The van der Waals surface area contributed by atoms with E-state index in [9.17, 15) is 0 Å². The second-order valence-corrected chi connectivity index (χ2v) is 7.11. The van der Waals surface area contributed by atoms with Gasteiger partial charge in [-0.2, -0.15) is 11.8 Å². The van der Waals surface area contributed by atoms with Crippen LogP contribution < -0.4 is 15.4 Å². The molecule has 0 bridgehead atoms. The number of aromatic nitrogens is 1. The second kappa shape index (κ2) is 10.4. The Balaban J connectivity index is 1.74. The Morgan fingerprint density at radius 1 is 1.43 bits per heavy atom. The van der Waals surface area contributed by atoms with Gasteiger partial charge in [0.15, 0.2) is 5.96 Å². The van der Waals surface area contributed by atoms with Crippen molar-refractivity contribution in [1.29, 1.82) is 0 Å². The summed E-state index contributed by atoms with van der Waals surface area (Å²) in [5.41, 5.74) is 0. The summed E-state index contributed by atoms with van der Waals surface area (Å²) in [6.07, 6.45) is 7.23. The average Bonchev–Trinajstić information content (AvgIpc) is 3.00. The van der Waals surface area contributed by atoms with Gasteiger partial charge in [0.05, 0.1) is 12.7 Å². The lowest BCUT2D eigenvalue weighted by Crippen LogP contribution is -2.42. The number of pyridine rings is 1. The Hall–Kier alpha value is -1.43. The molecule has 0 aliphatic heterocycles. The van der Waals surface area contributed by atoms with E-state index < -0.39 is 0 Å². The Labute approximate surface area is 143 Å². The van der Waals surface area contributed by atoms with Gasteiger partial charge in [-0.3, -0.25) is 4.98 Å². The fourth-order valence-corrected chi connectivity index (χ4v) is 3.87. The molecule has 1 aliphatic rings. The lowest BCUT2D eigenvalue weighted by atomic mass is 10.2. The highest BCUT2D eigenvalue weighted by atomic mass is 32.2. The number of hydrogen-bond acceptors (Lipinski definition) is 4. The normalized spacial score (nSPS) is 21.2. The van der Waals surface area contributed by atoms with Gasteiger partial charge in [-0.1, -0.05) is 6.92 Å². The molecular formula is C17H28N4OS. The molecule has 1 fully saturated rings. The summed E-state index contributed by atoms with van der Waals surface area (Å²) in [5.74, 6) is 2.89. The van der Waals surface area contributed by atoms with E-state index in [2.05, 4.69) is 46.2 Å². The standard InChI is InChI=1S/C17H28N4OS/c1-3-19-17(21-14-7-8-16(12-14)23-4-2)20-10-11-22-15-6-5-9-18-13-15/h5-6,9,13-14,16H,3-4,7-8,10-12H2,1-2H3,(H2,19,20,21). The fourth-order valence-electron chi connectivity index (χ4n) is 2.73. The third-order valence-electron chi connectivity index (χ3n) is 3.74. The summed E-state index contributed by atoms with van der Waals surface area (Å²) >= 11 is 2.08. The molecule has 0 radical (unpaired) electrons. The minimum atomic E-state index is 0.538. The molecule has 0 amide bonds. The summed E-state index contributed by atoms with van der Waals surface area (Å²) in [5, 5.41) is 7.68. The molecule has 1 saturated carbocycles. The van der Waals surface area contributed by atoms with E-state index >= 15 is 0 Å². The lowest BCUT2D eigenvalue weighted by Gasteiger charge is -2.17. The van der Waals surface area contributed by atoms with Crippen LogP contribution in [-0.2, 0) is 0 Å². The first kappa shape index (κ1) is 17.9. The maximum Gasteiger partial charge on any atom is 0.191 e. The molecule has 2 atom stereocenters. The zero-order chi connectivity index (χ0) is 16.3. The maximum atomic E-state index is 5.63. The molecule has 2 rings (SSSR count). The Bertz CT molecular complexity index is 469. The SMILES string of the molecule is CCNC(=NCCOc1cccnc1)NC1CCC(SCC)C1. The predicted octanol–water partition coefficient (Wildman–Crippen LogP) is 2.69. The van der Waals surface area contributed by atoms with Gasteiger partial charge in [0, 0.05) is 24.0 Å². The summed E-state index contributed by atoms with van der Waals surface area (Å²) < 4.78 is 5.63. The first-order valence-corrected chi connectivity index (χ1v) is 9.56. The molecule has 0 saturated heterocycles. The Morgan fingerprint density at radius 2 is 2.35 bits per heavy atom. The van der Waals surface area contributed by atoms with Crippen molar-refractivity contribution in [2.24, 2.45) is 4.99 Å². The molecule has 1 aromatic heterocycles. The number of ether oxygens (including phenoxy) is 1. The largest absolute Gasteiger partial charge is 0.490 e. The van der Waals surface area contributed by atoms with Crippen LogP contribution >= 0.6 is 11.8 Å². The van der Waals surface area contributed by atoms with Gasteiger partial charge in [0.25, 0.3) is 0 Å². The van der Waals surface area contributed by atoms with E-state index in [1.165, 1.54) is 25.0 Å². The highest BCUT2D eigenvalue weighted by molar-refractivity contribution is 7.99. The van der Waals surface area contributed by atoms with Gasteiger partial charge < -0.3 is 15.4 Å². The number of hydrogen-bond donors (Lipinski definition) is 2. The molecule has 0 spiro atoms. The number of aliphatic imine (C=N–C) groups is 1. The van der Waals surface area contributed by atoms with Crippen LogP contribution in [0.3, 0.4) is 0 Å². The molecular weight excluding hydrogens is 308 g/mol. The van der Waals surface area contributed by atoms with Gasteiger partial charge in [-0.05, 0) is 44.1 Å². The van der Waals surface area contributed by atoms with Gasteiger partial charge in [-0.15, -0.1) is 0 Å². The number of thioether (sulfide) groups is 1. The lowest BCUT2D eigenvalue weighted by molar-refractivity contribution is 0.327. The molecule has 2 N–H and O–H groups in total. The first-order chi connectivity index (χ1) is 11.3. The van der Waals surface area contributed by atoms with Crippen molar-refractivity contribution >= 4 is 17.7 Å². The van der Waals surface area contributed by atoms with Crippen molar-refractivity contribution in [2.45, 2.75) is 44.4 Å². The third-order valence-corrected chi connectivity index (χ3v) is 4.97. The second-order valence-electron chi connectivity index (χ2n) is 5.53. The molecule has 1 heterocycles. The topological polar surface area (TPSA) is 58.5 Å². The highest BCUT2D eigenvalue weighted by Crippen LogP contribution is 2.29. The minimum Gasteiger partial charge on any atom is -0.490 e. The number of nitrogens with zero attached hydrogens (tertiary/aromatic N) is 2. The van der Waals surface area contributed by atoms with Crippen LogP contribution in [0.25, 0.3) is 0 Å². The highest BCUT2D eigenvalue weighted by Gasteiger charge is 2.24. The summed E-state index contributed by atoms with van der Waals surface area (Å²) in [4.78, 5) is 8.64. The van der Waals surface area contributed by atoms with Gasteiger partial charge in [0.1, 0.15) is 12.4 Å². The van der Waals surface area contributed by atoms with Crippen LogP contribution in [0.4, 0.5) is 0 Å². The minimum absolute atomic E-state index is 0.538. The molecule has 1 aliphatic carbocycles. The van der Waals surface area contributed by atoms with Gasteiger partial charge in [-0.25, -0.2) is 4.99 Å². The summed E-state index contributed by atoms with van der Waals surface area (Å²) in [6.45, 7) is 6.38. The maximum absolute atomic E-state index is 5.63. The van der Waals surface area contributed by atoms with Crippen molar-refractivity contribution in [1.82, 2.24) is 15.6 Å². The van der Waals surface area contributed by atoms with E-state index in [0.29, 0.717) is 19.2 Å². The van der Waals surface area contributed by atoms with E-state index in [-0.39, 0.29) is 0 Å². The van der Waals surface area contributed by atoms with Gasteiger partial charge in [0.2, 0.25) is 0 Å². The number of nitrogens with one attached hydrogen (secondary N) is 2. The molecule has 23 heavy (non-hydrogen) atoms. The monoisotopic (exact) mass is 336 g/mol. The summed E-state index contributed by atoms with van der Waals surface area (Å²) in [7, 11) is 0. The number of rotatable bonds is 8. The molecule has 6 heteroatoms. The van der Waals surface area contributed by atoms with Crippen LogP contribution in [0.5, 0.6) is 5.75 Å². The zero-order valence-electron chi connectivity index (χ0n) is 14.1. The molecule has 2 unspecified atom stereocenters. The van der Waals surface area contributed by atoms with Crippen LogP contribution in [-0.4, -0.2) is 47.7 Å². The molecule has 1 aromatic rings. The van der Waals surface area contributed by atoms with Gasteiger partial charge >= 0.3 is 0 Å². The fraction of sp³-hybridized carbons (Fsp3) is 0.647. The zero-order valence-corrected chi connectivity index (χ0v) is 14.9. The van der Waals surface area contributed by atoms with Crippen molar-refractivity contribution in [3.05, 3.63) is 24.5 Å². The predicted molar refractivity (Wildman–Crippen MR) is 98.4 cm³/mol. The summed E-state index contributed by atoms with van der Waals surface area (Å²) in [6, 6.07) is 4.32. The first-order valence-electron chi connectivity index (χ1n) is 8.51. The van der Waals surface area contributed by atoms with Crippen molar-refractivity contribution in [2.75, 3.05) is 25.4 Å². The van der Waals surface area contributed by atoms with Crippen molar-refractivity contribution < 1.29 is 4.74 Å². The number of guanidine groups is 1. The van der Waals surface area contributed by atoms with Crippen LogP contribution in [0.15, 0.2) is 29.5 Å². The van der Waals surface area contributed by atoms with Crippen molar-refractivity contribution in [3.63, 3.8) is 0 Å². The molecule has 0 aromatic carbocycles. The quantitative estimate of drug-likeness (QED) is 0.434. The Kier molecular flexibility index (Phi) is 8.07. The van der Waals surface area contributed by atoms with E-state index in [1.54, 1.807) is 12.4 Å². The van der Waals surface area contributed by atoms with E-state index in [4.69, 9.17) is 4.74 Å². The smallest absolute Gasteiger partial charge is 0.191 e. The van der Waals surface area contributed by atoms with Crippen LogP contribution in [0.2, 0.25) is 0 Å². The third kappa shape index (κ3) is 6.69. The molecule has 5 nitrogen and oxygen atoms in total. The average molecular weight is 337 g/mol. The van der Waals surface area contributed by atoms with E-state index in [1.807, 2.05) is 12.1 Å².